The average molecular weight is 658 g/mol. The van der Waals surface area contributed by atoms with Crippen LogP contribution in [-0.2, 0) is 17.4 Å². The molecule has 0 radical (unpaired) electrons. The van der Waals surface area contributed by atoms with Crippen LogP contribution in [0.25, 0.3) is 0 Å². The molecule has 1 aliphatic rings. The van der Waals surface area contributed by atoms with Crippen LogP contribution in [0.4, 0.5) is 39.8 Å². The number of nitrogens with zero attached hydrogens (tertiary/aromatic N) is 2. The van der Waals surface area contributed by atoms with Crippen LogP contribution in [0, 0.1) is 5.92 Å². The Morgan fingerprint density at radius 1 is 1.02 bits per heavy atom. The van der Waals surface area contributed by atoms with E-state index in [0.717, 1.165) is 24.3 Å². The van der Waals surface area contributed by atoms with Gasteiger partial charge in [-0.25, -0.2) is 9.59 Å². The number of aliphatic hydroxyl groups is 1. The fourth-order valence-electron chi connectivity index (χ4n) is 5.01. The molecule has 5 amide bonds. The number of hydrogen-bond acceptors (Lipinski definition) is 6. The highest BCUT2D eigenvalue weighted by Crippen LogP contribution is 2.31. The summed E-state index contributed by atoms with van der Waals surface area (Å²) in [4.78, 5) is 42.3. The molecule has 0 saturated carbocycles. The van der Waals surface area contributed by atoms with Crippen LogP contribution < -0.4 is 25.4 Å². The number of halogens is 3. The van der Waals surface area contributed by atoms with Crippen LogP contribution in [0.3, 0.4) is 0 Å². The number of carbonyl (C=O) groups is 3. The summed E-state index contributed by atoms with van der Waals surface area (Å²) in [5.74, 6) is 0.506. The van der Waals surface area contributed by atoms with E-state index in [9.17, 15) is 32.7 Å². The largest absolute Gasteiger partial charge is 0.497 e. The molecule has 4 N–H and O–H groups in total. The lowest BCUT2D eigenvalue weighted by Crippen LogP contribution is -2.48. The normalized spacial score (nSPS) is 17.2. The molecular weight excluding hydrogens is 619 g/mol. The molecule has 14 heteroatoms. The van der Waals surface area contributed by atoms with E-state index < -0.39 is 29.9 Å². The molecule has 47 heavy (non-hydrogen) atoms. The van der Waals surface area contributed by atoms with Gasteiger partial charge in [-0.1, -0.05) is 6.92 Å². The van der Waals surface area contributed by atoms with Crippen molar-refractivity contribution in [3.63, 3.8) is 0 Å². The minimum atomic E-state index is -4.50. The van der Waals surface area contributed by atoms with Gasteiger partial charge in [0, 0.05) is 42.1 Å². The summed E-state index contributed by atoms with van der Waals surface area (Å²) < 4.78 is 50.2. The molecule has 1 aliphatic heterocycles. The minimum absolute atomic E-state index is 0.0943. The minimum Gasteiger partial charge on any atom is -0.497 e. The van der Waals surface area contributed by atoms with E-state index in [1.54, 1.807) is 68.4 Å². The van der Waals surface area contributed by atoms with Crippen LogP contribution in [0.5, 0.6) is 11.5 Å². The highest BCUT2D eigenvalue weighted by molar-refractivity contribution is 6.00. The smallest absolute Gasteiger partial charge is 0.416 e. The van der Waals surface area contributed by atoms with Gasteiger partial charge in [-0.15, -0.1) is 0 Å². The monoisotopic (exact) mass is 657 g/mol. The maximum atomic E-state index is 13.5. The van der Waals surface area contributed by atoms with Crippen molar-refractivity contribution in [2.24, 2.45) is 5.92 Å². The lowest BCUT2D eigenvalue weighted by atomic mass is 10.0. The zero-order chi connectivity index (χ0) is 34.3. The van der Waals surface area contributed by atoms with Crippen molar-refractivity contribution in [1.29, 1.82) is 0 Å². The van der Waals surface area contributed by atoms with Crippen LogP contribution in [0.15, 0.2) is 66.7 Å². The number of amides is 5. The second-order valence-corrected chi connectivity index (χ2v) is 11.4. The van der Waals surface area contributed by atoms with E-state index in [1.807, 2.05) is 6.92 Å². The molecule has 0 fully saturated rings. The van der Waals surface area contributed by atoms with Crippen molar-refractivity contribution in [3.05, 3.63) is 77.9 Å². The third-order valence-corrected chi connectivity index (χ3v) is 7.79. The van der Waals surface area contributed by atoms with Crippen molar-refractivity contribution < 1.29 is 42.1 Å². The van der Waals surface area contributed by atoms with Gasteiger partial charge >= 0.3 is 18.2 Å². The number of likely N-dealkylation sites (N-methyl/N-ethyl adjacent to an activating group) is 1. The van der Waals surface area contributed by atoms with Crippen molar-refractivity contribution >= 4 is 35.0 Å². The van der Waals surface area contributed by atoms with Gasteiger partial charge < -0.3 is 40.3 Å². The van der Waals surface area contributed by atoms with Gasteiger partial charge in [0.05, 0.1) is 38.3 Å². The first-order chi connectivity index (χ1) is 22.3. The summed E-state index contributed by atoms with van der Waals surface area (Å²) in [5, 5.41) is 17.8. The van der Waals surface area contributed by atoms with E-state index in [-0.39, 0.29) is 49.7 Å². The molecular formula is C33H38F3N5O6. The van der Waals surface area contributed by atoms with Crippen LogP contribution in [0.2, 0.25) is 0 Å². The Morgan fingerprint density at radius 2 is 1.62 bits per heavy atom. The SMILES string of the molecule is COc1ccc(NC(=O)N(C)C[C@@H]2Oc3ccc(NC(=O)Nc4ccc(C(F)(F)F)cc4)cc3CC(=O)N([C@H](C)CO)C[C@H]2C)cc1. The second kappa shape index (κ2) is 15.1. The lowest BCUT2D eigenvalue weighted by molar-refractivity contribution is -0.137. The fraction of sp³-hybridized carbons (Fsp3) is 0.364. The Hall–Kier alpha value is -4.98. The Labute approximate surface area is 270 Å². The van der Waals surface area contributed by atoms with Gasteiger partial charge in [-0.2, -0.15) is 13.2 Å². The molecule has 0 saturated heterocycles. The number of urea groups is 2. The zero-order valence-electron chi connectivity index (χ0n) is 26.4. The van der Waals surface area contributed by atoms with E-state index in [4.69, 9.17) is 9.47 Å². The molecule has 0 aliphatic carbocycles. The van der Waals surface area contributed by atoms with Gasteiger partial charge in [-0.3, -0.25) is 4.79 Å². The Balaban J connectivity index is 1.52. The molecule has 4 rings (SSSR count). The summed E-state index contributed by atoms with van der Waals surface area (Å²) in [6.07, 6.45) is -5.16. The summed E-state index contributed by atoms with van der Waals surface area (Å²) >= 11 is 0. The van der Waals surface area contributed by atoms with Crippen molar-refractivity contribution in [3.8, 4) is 11.5 Å². The van der Waals surface area contributed by atoms with Crippen molar-refractivity contribution in [2.45, 2.75) is 38.6 Å². The third kappa shape index (κ3) is 9.28. The number of fused-ring (bicyclic) bond motifs is 1. The third-order valence-electron chi connectivity index (χ3n) is 7.79. The summed E-state index contributed by atoms with van der Waals surface area (Å²) in [6, 6.07) is 14.1. The Bertz CT molecular complexity index is 1550. The predicted molar refractivity (Wildman–Crippen MR) is 171 cm³/mol. The first-order valence-electron chi connectivity index (χ1n) is 14.9. The number of rotatable bonds is 8. The van der Waals surface area contributed by atoms with Crippen LogP contribution in [0.1, 0.15) is 25.0 Å². The topological polar surface area (TPSA) is 132 Å². The summed E-state index contributed by atoms with van der Waals surface area (Å²) in [6.45, 7) is 3.79. The average Bonchev–Trinajstić information content (AvgIpc) is 3.08. The van der Waals surface area contributed by atoms with Crippen molar-refractivity contribution in [1.82, 2.24) is 9.80 Å². The molecule has 1 heterocycles. The van der Waals surface area contributed by atoms with E-state index in [0.29, 0.717) is 28.4 Å². The Kier molecular flexibility index (Phi) is 11.2. The zero-order valence-corrected chi connectivity index (χ0v) is 26.4. The van der Waals surface area contributed by atoms with Crippen molar-refractivity contribution in [2.75, 3.05) is 49.8 Å². The number of anilines is 3. The maximum Gasteiger partial charge on any atom is 0.416 e. The van der Waals surface area contributed by atoms with Gasteiger partial charge in [0.1, 0.15) is 17.6 Å². The lowest BCUT2D eigenvalue weighted by Gasteiger charge is -2.34. The maximum absolute atomic E-state index is 13.5. The first-order valence-corrected chi connectivity index (χ1v) is 14.9. The van der Waals surface area contributed by atoms with E-state index >= 15 is 0 Å². The summed E-state index contributed by atoms with van der Waals surface area (Å²) in [7, 11) is 3.18. The van der Waals surface area contributed by atoms with Crippen LogP contribution >= 0.6 is 0 Å². The number of methoxy groups -OCH3 is 1. The van der Waals surface area contributed by atoms with Gasteiger partial charge in [0.2, 0.25) is 5.91 Å². The molecule has 11 nitrogen and oxygen atoms in total. The number of nitrogens with one attached hydrogen (secondary N) is 3. The van der Waals surface area contributed by atoms with Crippen LogP contribution in [-0.4, -0.2) is 78.9 Å². The molecule has 0 spiro atoms. The highest BCUT2D eigenvalue weighted by atomic mass is 19.4. The number of ether oxygens (including phenoxy) is 2. The van der Waals surface area contributed by atoms with Gasteiger partial charge in [-0.05, 0) is 73.7 Å². The second-order valence-electron chi connectivity index (χ2n) is 11.4. The number of aliphatic hydroxyl groups excluding tert-OH is 1. The molecule has 3 aromatic carbocycles. The molecule has 3 atom stereocenters. The number of carbonyl (C=O) groups excluding carboxylic acids is 3. The number of benzene rings is 3. The molecule has 0 bridgehead atoms. The molecule has 0 aromatic heterocycles. The van der Waals surface area contributed by atoms with Gasteiger partial charge in [0.25, 0.3) is 0 Å². The predicted octanol–water partition coefficient (Wildman–Crippen LogP) is 5.67. The highest BCUT2D eigenvalue weighted by Gasteiger charge is 2.32. The van der Waals surface area contributed by atoms with E-state index in [2.05, 4.69) is 16.0 Å². The van der Waals surface area contributed by atoms with Gasteiger partial charge in [0.15, 0.2) is 0 Å². The molecule has 3 aromatic rings. The first kappa shape index (κ1) is 34.9. The number of alkyl halides is 3. The number of hydrogen-bond donors (Lipinski definition) is 4. The molecule has 0 unspecified atom stereocenters. The quantitative estimate of drug-likeness (QED) is 0.247. The Morgan fingerprint density at radius 3 is 2.23 bits per heavy atom. The molecule has 252 valence electrons. The van der Waals surface area contributed by atoms with E-state index in [1.165, 1.54) is 4.90 Å². The fourth-order valence-corrected chi connectivity index (χ4v) is 5.01. The summed E-state index contributed by atoms with van der Waals surface area (Å²) in [5.41, 5.74) is 0.662. The standard InChI is InChI=1S/C33H38F3N5O6/c1-20-17-41(21(2)19-42)30(43)16-22-15-26(38-31(44)37-24-7-5-23(6-8-24)33(34,35)36)11-14-28(22)47-29(20)18-40(3)32(45)39-25-9-12-27(46-4)13-10-25/h5-15,20-21,29,42H,16-19H2,1-4H3,(H,39,45)(H2,37,38,44)/t20-,21-,29+/m1/s1.